The first kappa shape index (κ1) is 47.8. The van der Waals surface area contributed by atoms with Crippen LogP contribution in [0, 0.1) is 39.0 Å². The van der Waals surface area contributed by atoms with E-state index in [9.17, 15) is 18.4 Å². The van der Waals surface area contributed by atoms with E-state index in [1.165, 1.54) is 0 Å². The first-order chi connectivity index (χ1) is 36.5. The number of nitriles is 1. The van der Waals surface area contributed by atoms with Crippen LogP contribution in [0.25, 0.3) is 111 Å². The summed E-state index contributed by atoms with van der Waals surface area (Å²) in [5, 5.41) is 14.6. The second kappa shape index (κ2) is 18.1. The highest BCUT2D eigenvalue weighted by atomic mass is 19.4. The molecule has 0 aliphatic heterocycles. The summed E-state index contributed by atoms with van der Waals surface area (Å²) in [4.78, 5) is 0. The van der Waals surface area contributed by atoms with Gasteiger partial charge in [-0.3, -0.25) is 0 Å². The molecule has 0 aliphatic rings. The van der Waals surface area contributed by atoms with E-state index < -0.39 is 29.0 Å². The molecule has 0 aliphatic carbocycles. The fraction of sp³-hybridized carbons (Fsp3) is 0.0896. The van der Waals surface area contributed by atoms with Gasteiger partial charge in [0, 0.05) is 27.1 Å². The molecule has 0 saturated heterocycles. The van der Waals surface area contributed by atoms with E-state index in [0.29, 0.717) is 17.4 Å². The van der Waals surface area contributed by atoms with Crippen LogP contribution >= 0.6 is 0 Å². The Balaban J connectivity index is 1.22. The number of aromatic nitrogens is 2. The van der Waals surface area contributed by atoms with Crippen LogP contribution in [0.3, 0.4) is 0 Å². The van der Waals surface area contributed by atoms with Crippen LogP contribution in [0.1, 0.15) is 38.9 Å². The van der Waals surface area contributed by atoms with Crippen LogP contribution in [0.5, 0.6) is 0 Å². The molecular formula is C67H45F6N3. The molecule has 76 heavy (non-hydrogen) atoms. The summed E-state index contributed by atoms with van der Waals surface area (Å²) in [5.74, 6) is 0. The number of aryl methyl sites for hydroxylation is 4. The molecule has 12 aromatic rings. The van der Waals surface area contributed by atoms with Crippen LogP contribution in [-0.4, -0.2) is 9.13 Å². The zero-order valence-electron chi connectivity index (χ0n) is 41.7. The van der Waals surface area contributed by atoms with Gasteiger partial charge in [0.2, 0.25) is 0 Å². The average molecular weight is 1010 g/mol. The van der Waals surface area contributed by atoms with Gasteiger partial charge in [0.15, 0.2) is 0 Å². The molecule has 3 nitrogen and oxygen atoms in total. The molecule has 0 amide bonds. The maximum Gasteiger partial charge on any atom is 0.417 e. The Morgan fingerprint density at radius 3 is 0.947 bits per heavy atom. The normalized spacial score (nSPS) is 12.1. The minimum Gasteiger partial charge on any atom is -0.307 e. The predicted molar refractivity (Wildman–Crippen MR) is 296 cm³/mol. The van der Waals surface area contributed by atoms with Crippen molar-refractivity contribution in [3.8, 4) is 73.1 Å². The van der Waals surface area contributed by atoms with Crippen molar-refractivity contribution in [3.63, 3.8) is 0 Å². The van der Waals surface area contributed by atoms with Gasteiger partial charge in [-0.15, -0.1) is 0 Å². The van der Waals surface area contributed by atoms with Crippen molar-refractivity contribution in [2.45, 2.75) is 40.0 Å². The summed E-state index contributed by atoms with van der Waals surface area (Å²) in [6, 6.07) is 64.7. The maximum absolute atomic E-state index is 15.3. The summed E-state index contributed by atoms with van der Waals surface area (Å²) < 4.78 is 92.5. The molecule has 0 N–H and O–H groups in total. The number of fused-ring (bicyclic) bond motifs is 6. The molecule has 0 unspecified atom stereocenters. The Labute approximate surface area is 434 Å². The first-order valence-electron chi connectivity index (χ1n) is 24.8. The number of benzene rings is 10. The van der Waals surface area contributed by atoms with E-state index in [2.05, 4.69) is 132 Å². The average Bonchev–Trinajstić information content (AvgIpc) is 4.00. The second-order valence-corrected chi connectivity index (χ2v) is 19.8. The number of hydrogen-bond donors (Lipinski definition) is 0. The third-order valence-electron chi connectivity index (χ3n) is 14.7. The molecule has 10 aromatic carbocycles. The van der Waals surface area contributed by atoms with Gasteiger partial charge in [0.25, 0.3) is 0 Å². The molecule has 0 saturated carbocycles. The van der Waals surface area contributed by atoms with Gasteiger partial charge < -0.3 is 9.13 Å². The number of halogens is 6. The fourth-order valence-electron chi connectivity index (χ4n) is 10.7. The van der Waals surface area contributed by atoms with Crippen molar-refractivity contribution in [1.29, 1.82) is 5.26 Å². The molecule has 2 heterocycles. The Bertz CT molecular complexity index is 4110. The zero-order valence-corrected chi connectivity index (χ0v) is 41.7. The van der Waals surface area contributed by atoms with Crippen LogP contribution in [-0.2, 0) is 12.4 Å². The molecule has 9 heteroatoms. The lowest BCUT2D eigenvalue weighted by Crippen LogP contribution is -2.13. The Hall–Kier alpha value is -9.13. The molecule has 0 spiro atoms. The lowest BCUT2D eigenvalue weighted by atomic mass is 9.92. The van der Waals surface area contributed by atoms with E-state index in [0.717, 1.165) is 116 Å². The Kier molecular flexibility index (Phi) is 11.4. The topological polar surface area (TPSA) is 33.6 Å². The lowest BCUT2D eigenvalue weighted by Gasteiger charge is -2.21. The van der Waals surface area contributed by atoms with Gasteiger partial charge in [0.1, 0.15) is 0 Å². The monoisotopic (exact) mass is 1010 g/mol. The summed E-state index contributed by atoms with van der Waals surface area (Å²) in [6.45, 7) is 8.14. The van der Waals surface area contributed by atoms with Gasteiger partial charge in [-0.05, 0) is 151 Å². The number of hydrogen-bond acceptors (Lipinski definition) is 1. The molecular weight excluding hydrogens is 961 g/mol. The van der Waals surface area contributed by atoms with Crippen molar-refractivity contribution in [2.75, 3.05) is 0 Å². The highest BCUT2D eigenvalue weighted by molar-refractivity contribution is 6.14. The fourth-order valence-corrected chi connectivity index (χ4v) is 10.7. The summed E-state index contributed by atoms with van der Waals surface area (Å²) in [7, 11) is 0. The van der Waals surface area contributed by atoms with E-state index in [4.69, 9.17) is 0 Å². The molecule has 2 aromatic heterocycles. The van der Waals surface area contributed by atoms with Crippen LogP contribution in [0.2, 0.25) is 0 Å². The number of nitrogens with zero attached hydrogens (tertiary/aromatic N) is 3. The Morgan fingerprint density at radius 1 is 0.329 bits per heavy atom. The summed E-state index contributed by atoms with van der Waals surface area (Å²) >= 11 is 0. The maximum atomic E-state index is 15.3. The van der Waals surface area contributed by atoms with Gasteiger partial charge in [0.05, 0.1) is 56.2 Å². The van der Waals surface area contributed by atoms with Crippen molar-refractivity contribution < 1.29 is 26.3 Å². The summed E-state index contributed by atoms with van der Waals surface area (Å²) in [6.07, 6.45) is -10.3. The van der Waals surface area contributed by atoms with Crippen molar-refractivity contribution in [1.82, 2.24) is 9.13 Å². The summed E-state index contributed by atoms with van der Waals surface area (Å²) in [5.41, 5.74) is 12.3. The molecule has 0 bridgehead atoms. The van der Waals surface area contributed by atoms with Gasteiger partial charge in [-0.25, -0.2) is 0 Å². The van der Waals surface area contributed by atoms with Crippen LogP contribution in [0.4, 0.5) is 26.3 Å². The van der Waals surface area contributed by atoms with Crippen molar-refractivity contribution in [3.05, 3.63) is 239 Å². The third kappa shape index (κ3) is 8.36. The largest absolute Gasteiger partial charge is 0.417 e. The minimum atomic E-state index is -5.22. The van der Waals surface area contributed by atoms with E-state index in [-0.39, 0.29) is 17.2 Å². The number of rotatable bonds is 7. The zero-order chi connectivity index (χ0) is 52.8. The lowest BCUT2D eigenvalue weighted by molar-refractivity contribution is -0.142. The highest BCUT2D eigenvalue weighted by Crippen LogP contribution is 2.47. The molecule has 0 atom stereocenters. The SMILES string of the molecule is Cc1ccc(-c2ccc3c(c2)c2cc(-c4ccc(C)cc4)ccc2n3-c2cc(C#N)c(-c3ccc(C(F)(F)F)cc3C(F)(F)F)cc2-n2c3ccc(-c4ccc(C)cc4)cc3c3cc(-c4ccc(C)cc4)ccc32)cc1. The Morgan fingerprint density at radius 2 is 0.645 bits per heavy atom. The molecule has 0 radical (unpaired) electrons. The quantitative estimate of drug-likeness (QED) is 0.147. The smallest absolute Gasteiger partial charge is 0.307 e. The third-order valence-corrected chi connectivity index (χ3v) is 14.7. The van der Waals surface area contributed by atoms with E-state index in [1.54, 1.807) is 12.1 Å². The standard InChI is InChI=1S/C67H45F6N3/c1-39-5-13-43(14-6-39)47-21-27-60-55(31-47)56-32-48(44-15-7-40(2)8-16-44)22-28-61(56)75(60)64-35-51(38-74)54(53-26-25-52(66(68,69)70)36-59(53)67(71,72)73)37-65(64)76-62-29-23-49(45-17-9-41(3)10-18-45)33-57(62)58-34-50(24-30-63(58)76)46-19-11-42(4)12-20-46/h5-37H,1-4H3. The van der Waals surface area contributed by atoms with Gasteiger partial charge >= 0.3 is 12.4 Å². The van der Waals surface area contributed by atoms with Crippen molar-refractivity contribution >= 4 is 43.6 Å². The molecule has 12 rings (SSSR count). The highest BCUT2D eigenvalue weighted by Gasteiger charge is 2.39. The van der Waals surface area contributed by atoms with Crippen molar-refractivity contribution in [2.24, 2.45) is 0 Å². The van der Waals surface area contributed by atoms with Crippen LogP contribution in [0.15, 0.2) is 200 Å². The van der Waals surface area contributed by atoms with Crippen LogP contribution < -0.4 is 0 Å². The predicted octanol–water partition coefficient (Wildman–Crippen LogP) is 19.4. The number of alkyl halides is 6. The minimum absolute atomic E-state index is 0.133. The van der Waals surface area contributed by atoms with E-state index in [1.807, 2.05) is 80.8 Å². The van der Waals surface area contributed by atoms with E-state index >= 15 is 13.2 Å². The second-order valence-electron chi connectivity index (χ2n) is 19.8. The first-order valence-corrected chi connectivity index (χ1v) is 24.8. The van der Waals surface area contributed by atoms with Gasteiger partial charge in [-0.1, -0.05) is 150 Å². The molecule has 370 valence electrons. The van der Waals surface area contributed by atoms with Gasteiger partial charge in [-0.2, -0.15) is 31.6 Å². The molecule has 0 fully saturated rings.